The minimum atomic E-state index is -0.876. The molecule has 0 fully saturated rings. The Kier molecular flexibility index (Phi) is 4.04. The van der Waals surface area contributed by atoms with Gasteiger partial charge in [-0.1, -0.05) is 12.1 Å². The predicted octanol–water partition coefficient (Wildman–Crippen LogP) is 0.824. The number of rotatable bonds is 5. The Morgan fingerprint density at radius 1 is 1.62 bits per heavy atom. The van der Waals surface area contributed by atoms with Crippen molar-refractivity contribution < 1.29 is 19.2 Å². The molecule has 2 N–H and O–H groups in total. The van der Waals surface area contributed by atoms with Gasteiger partial charge in [-0.25, -0.2) is 0 Å². The van der Waals surface area contributed by atoms with Crippen LogP contribution in [0.25, 0.3) is 0 Å². The number of hydrogen-bond donors (Lipinski definition) is 2. The standard InChI is InChI=1S/C10H14N2O4/c1-6(3-9(13)14)5-11-10(15)8-4-7(2)16-12-8/h4,6H,3,5H2,1-2H3,(H,11,15)(H,13,14). The highest BCUT2D eigenvalue weighted by Gasteiger charge is 2.13. The molecule has 1 unspecified atom stereocenters. The number of carbonyl (C=O) groups excluding carboxylic acids is 1. The van der Waals surface area contributed by atoms with Crippen LogP contribution in [0, 0.1) is 12.8 Å². The third-order valence-electron chi connectivity index (χ3n) is 1.99. The third kappa shape index (κ3) is 3.72. The van der Waals surface area contributed by atoms with E-state index in [0.717, 1.165) is 0 Å². The van der Waals surface area contributed by atoms with Gasteiger partial charge in [-0.2, -0.15) is 0 Å². The van der Waals surface area contributed by atoms with Gasteiger partial charge in [-0.05, 0) is 12.8 Å². The minimum absolute atomic E-state index is 0.0259. The molecule has 0 saturated heterocycles. The van der Waals surface area contributed by atoms with Crippen molar-refractivity contribution in [2.24, 2.45) is 5.92 Å². The second-order valence-corrected chi connectivity index (χ2v) is 3.74. The maximum absolute atomic E-state index is 11.5. The van der Waals surface area contributed by atoms with E-state index in [9.17, 15) is 9.59 Å². The molecule has 1 aromatic rings. The van der Waals surface area contributed by atoms with E-state index in [1.54, 1.807) is 13.8 Å². The smallest absolute Gasteiger partial charge is 0.303 e. The van der Waals surface area contributed by atoms with E-state index >= 15 is 0 Å². The highest BCUT2D eigenvalue weighted by molar-refractivity contribution is 5.92. The first-order chi connectivity index (χ1) is 7.49. The maximum atomic E-state index is 11.5. The van der Waals surface area contributed by atoms with Crippen LogP contribution in [-0.4, -0.2) is 28.7 Å². The highest BCUT2D eigenvalue weighted by Crippen LogP contribution is 2.03. The summed E-state index contributed by atoms with van der Waals surface area (Å²) in [6.45, 7) is 3.75. The molecule has 88 valence electrons. The second-order valence-electron chi connectivity index (χ2n) is 3.74. The SMILES string of the molecule is Cc1cc(C(=O)NCC(C)CC(=O)O)no1. The summed E-state index contributed by atoms with van der Waals surface area (Å²) in [6.07, 6.45) is 0.0259. The van der Waals surface area contributed by atoms with Crippen molar-refractivity contribution in [2.45, 2.75) is 20.3 Å². The van der Waals surface area contributed by atoms with Crippen molar-refractivity contribution in [3.63, 3.8) is 0 Å². The molecule has 0 aliphatic carbocycles. The van der Waals surface area contributed by atoms with Gasteiger partial charge in [0.15, 0.2) is 5.69 Å². The van der Waals surface area contributed by atoms with Crippen LogP contribution >= 0.6 is 0 Å². The Hall–Kier alpha value is -1.85. The van der Waals surface area contributed by atoms with Gasteiger partial charge in [0.1, 0.15) is 5.76 Å². The van der Waals surface area contributed by atoms with Crippen molar-refractivity contribution in [1.29, 1.82) is 0 Å². The maximum Gasteiger partial charge on any atom is 0.303 e. The van der Waals surface area contributed by atoms with Crippen LogP contribution in [0.2, 0.25) is 0 Å². The number of nitrogens with one attached hydrogen (secondary N) is 1. The van der Waals surface area contributed by atoms with Gasteiger partial charge in [-0.3, -0.25) is 9.59 Å². The Bertz CT molecular complexity index is 386. The zero-order valence-electron chi connectivity index (χ0n) is 9.19. The molecule has 6 heteroatoms. The molecule has 0 aromatic carbocycles. The monoisotopic (exact) mass is 226 g/mol. The van der Waals surface area contributed by atoms with Crippen LogP contribution in [-0.2, 0) is 4.79 Å². The van der Waals surface area contributed by atoms with Gasteiger partial charge in [0.2, 0.25) is 0 Å². The number of nitrogens with zero attached hydrogens (tertiary/aromatic N) is 1. The van der Waals surface area contributed by atoms with Crippen LogP contribution in [0.4, 0.5) is 0 Å². The summed E-state index contributed by atoms with van der Waals surface area (Å²) < 4.78 is 4.75. The molecule has 1 aromatic heterocycles. The van der Waals surface area contributed by atoms with Crippen LogP contribution in [0.5, 0.6) is 0 Å². The van der Waals surface area contributed by atoms with Crippen LogP contribution in [0.1, 0.15) is 29.6 Å². The van der Waals surface area contributed by atoms with Crippen molar-refractivity contribution in [3.8, 4) is 0 Å². The molecule has 0 bridgehead atoms. The number of aliphatic carboxylic acids is 1. The fraction of sp³-hybridized carbons (Fsp3) is 0.500. The van der Waals surface area contributed by atoms with Crippen molar-refractivity contribution >= 4 is 11.9 Å². The largest absolute Gasteiger partial charge is 0.481 e. The molecule has 16 heavy (non-hydrogen) atoms. The Labute approximate surface area is 92.6 Å². The summed E-state index contributed by atoms with van der Waals surface area (Å²) in [5.41, 5.74) is 0.208. The second kappa shape index (κ2) is 5.29. The molecule has 0 radical (unpaired) electrons. The van der Waals surface area contributed by atoms with Crippen molar-refractivity contribution in [2.75, 3.05) is 6.54 Å². The lowest BCUT2D eigenvalue weighted by molar-refractivity contribution is -0.137. The third-order valence-corrected chi connectivity index (χ3v) is 1.99. The van der Waals surface area contributed by atoms with Crippen LogP contribution < -0.4 is 5.32 Å². The van der Waals surface area contributed by atoms with E-state index < -0.39 is 5.97 Å². The number of carboxylic acid groups (broad SMARTS) is 1. The molecular formula is C10H14N2O4. The first kappa shape index (κ1) is 12.2. The van der Waals surface area contributed by atoms with Crippen molar-refractivity contribution in [3.05, 3.63) is 17.5 Å². The Balaban J connectivity index is 2.38. The van der Waals surface area contributed by atoms with E-state index in [1.165, 1.54) is 6.07 Å². The molecule has 1 atom stereocenters. The lowest BCUT2D eigenvalue weighted by Crippen LogP contribution is -2.29. The summed E-state index contributed by atoms with van der Waals surface area (Å²) in [5, 5.41) is 14.7. The van der Waals surface area contributed by atoms with E-state index in [-0.39, 0.29) is 23.9 Å². The molecule has 1 heterocycles. The number of hydrogen-bond acceptors (Lipinski definition) is 4. The number of carbonyl (C=O) groups is 2. The average Bonchev–Trinajstić information content (AvgIpc) is 2.60. The van der Waals surface area contributed by atoms with Gasteiger partial charge in [0.25, 0.3) is 5.91 Å². The van der Waals surface area contributed by atoms with E-state index in [0.29, 0.717) is 12.3 Å². The number of aromatic nitrogens is 1. The minimum Gasteiger partial charge on any atom is -0.481 e. The molecule has 0 spiro atoms. The van der Waals surface area contributed by atoms with Crippen LogP contribution in [0.3, 0.4) is 0 Å². The summed E-state index contributed by atoms with van der Waals surface area (Å²) in [5.74, 6) is -0.786. The molecule has 0 aliphatic rings. The predicted molar refractivity (Wildman–Crippen MR) is 55.0 cm³/mol. The zero-order valence-corrected chi connectivity index (χ0v) is 9.19. The van der Waals surface area contributed by atoms with Gasteiger partial charge < -0.3 is 14.9 Å². The topological polar surface area (TPSA) is 92.4 Å². The quantitative estimate of drug-likeness (QED) is 0.775. The van der Waals surface area contributed by atoms with E-state index in [4.69, 9.17) is 9.63 Å². The first-order valence-electron chi connectivity index (χ1n) is 4.92. The summed E-state index contributed by atoms with van der Waals surface area (Å²) in [6, 6.07) is 1.52. The normalized spacial score (nSPS) is 12.1. The Morgan fingerprint density at radius 3 is 2.81 bits per heavy atom. The number of aryl methyl sites for hydroxylation is 1. The lowest BCUT2D eigenvalue weighted by atomic mass is 10.1. The number of amides is 1. The van der Waals surface area contributed by atoms with Gasteiger partial charge in [0, 0.05) is 19.0 Å². The van der Waals surface area contributed by atoms with Gasteiger partial charge in [-0.15, -0.1) is 0 Å². The lowest BCUT2D eigenvalue weighted by Gasteiger charge is -2.08. The molecule has 1 rings (SSSR count). The van der Waals surface area contributed by atoms with E-state index in [1.807, 2.05) is 0 Å². The Morgan fingerprint density at radius 2 is 2.31 bits per heavy atom. The van der Waals surface area contributed by atoms with Crippen LogP contribution in [0.15, 0.2) is 10.6 Å². The van der Waals surface area contributed by atoms with Crippen molar-refractivity contribution in [1.82, 2.24) is 10.5 Å². The summed E-state index contributed by atoms with van der Waals surface area (Å²) in [7, 11) is 0. The summed E-state index contributed by atoms with van der Waals surface area (Å²) >= 11 is 0. The molecular weight excluding hydrogens is 212 g/mol. The first-order valence-corrected chi connectivity index (χ1v) is 4.92. The van der Waals surface area contributed by atoms with Gasteiger partial charge in [0.05, 0.1) is 0 Å². The fourth-order valence-corrected chi connectivity index (χ4v) is 1.20. The summed E-state index contributed by atoms with van der Waals surface area (Å²) in [4.78, 5) is 21.9. The van der Waals surface area contributed by atoms with Gasteiger partial charge >= 0.3 is 5.97 Å². The molecule has 6 nitrogen and oxygen atoms in total. The molecule has 1 amide bonds. The zero-order chi connectivity index (χ0) is 12.1. The molecule has 0 saturated carbocycles. The average molecular weight is 226 g/mol. The fourth-order valence-electron chi connectivity index (χ4n) is 1.20. The molecule has 0 aliphatic heterocycles. The number of carboxylic acids is 1. The van der Waals surface area contributed by atoms with E-state index in [2.05, 4.69) is 10.5 Å². The highest BCUT2D eigenvalue weighted by atomic mass is 16.5.